The minimum atomic E-state index is -3.80. The summed E-state index contributed by atoms with van der Waals surface area (Å²) in [4.78, 5) is 12.9. The van der Waals surface area contributed by atoms with Crippen molar-refractivity contribution in [3.05, 3.63) is 64.7 Å². The van der Waals surface area contributed by atoms with E-state index < -0.39 is 16.1 Å². The highest BCUT2D eigenvalue weighted by atomic mass is 32.2. The number of rotatable bonds is 9. The third kappa shape index (κ3) is 6.36. The highest BCUT2D eigenvalue weighted by molar-refractivity contribution is 7.98. The number of nitrogens with one attached hydrogen (secondary N) is 2. The number of hydrogen-bond acceptors (Lipinski definition) is 4. The number of carbonyl (C=O) groups is 1. The summed E-state index contributed by atoms with van der Waals surface area (Å²) in [5, 5.41) is 2.85. The van der Waals surface area contributed by atoms with Crippen LogP contribution in [0.25, 0.3) is 0 Å². The van der Waals surface area contributed by atoms with Crippen LogP contribution in [0.3, 0.4) is 0 Å². The Balaban J connectivity index is 2.14. The third-order valence-electron chi connectivity index (χ3n) is 4.45. The molecule has 0 aliphatic heterocycles. The Kier molecular flexibility index (Phi) is 8.10. The van der Waals surface area contributed by atoms with Crippen LogP contribution >= 0.6 is 11.8 Å². The summed E-state index contributed by atoms with van der Waals surface area (Å²) in [7, 11) is -3.80. The molecule has 0 bridgehead atoms. The molecule has 2 aromatic rings. The van der Waals surface area contributed by atoms with Gasteiger partial charge in [0.1, 0.15) is 6.04 Å². The van der Waals surface area contributed by atoms with Crippen molar-refractivity contribution in [3.8, 4) is 0 Å². The normalized spacial score (nSPS) is 12.6. The van der Waals surface area contributed by atoms with Gasteiger partial charge in [-0.05, 0) is 62.0 Å². The van der Waals surface area contributed by atoms with E-state index >= 15 is 0 Å². The van der Waals surface area contributed by atoms with Crippen LogP contribution < -0.4 is 10.0 Å². The Morgan fingerprint density at radius 2 is 1.68 bits per heavy atom. The van der Waals surface area contributed by atoms with Gasteiger partial charge in [0.25, 0.3) is 0 Å². The van der Waals surface area contributed by atoms with E-state index in [9.17, 15) is 13.2 Å². The minimum absolute atomic E-state index is 0.216. The summed E-state index contributed by atoms with van der Waals surface area (Å²) in [6.07, 6.45) is 2.35. The Morgan fingerprint density at radius 3 is 2.32 bits per heavy atom. The lowest BCUT2D eigenvalue weighted by Gasteiger charge is -2.19. The van der Waals surface area contributed by atoms with E-state index in [1.165, 1.54) is 0 Å². The maximum Gasteiger partial charge on any atom is 0.241 e. The van der Waals surface area contributed by atoms with E-state index in [4.69, 9.17) is 0 Å². The smallest absolute Gasteiger partial charge is 0.241 e. The van der Waals surface area contributed by atoms with Crippen molar-refractivity contribution in [3.63, 3.8) is 0 Å². The molecule has 2 N–H and O–H groups in total. The van der Waals surface area contributed by atoms with Gasteiger partial charge in [-0.3, -0.25) is 4.79 Å². The second-order valence-electron chi connectivity index (χ2n) is 6.93. The third-order valence-corrected chi connectivity index (χ3v) is 6.70. The van der Waals surface area contributed by atoms with E-state index in [-0.39, 0.29) is 10.8 Å². The standard InChI is InChI=1S/C21H28N2O3S2/c1-15-6-9-18(10-7-15)14-22-21(24)19(11-12-27-4)23-28(25,26)20-13-16(2)5-8-17(20)3/h5-10,13,19,23H,11-12,14H2,1-4H3,(H,22,24). The fourth-order valence-electron chi connectivity index (χ4n) is 2.75. The van der Waals surface area contributed by atoms with Crippen molar-refractivity contribution >= 4 is 27.7 Å². The van der Waals surface area contributed by atoms with Gasteiger partial charge in [0.15, 0.2) is 0 Å². The molecule has 28 heavy (non-hydrogen) atoms. The Bertz CT molecular complexity index is 910. The average Bonchev–Trinajstić information content (AvgIpc) is 2.66. The van der Waals surface area contributed by atoms with Crippen LogP contribution in [-0.4, -0.2) is 32.4 Å². The molecule has 0 heterocycles. The van der Waals surface area contributed by atoms with Crippen LogP contribution in [-0.2, 0) is 21.4 Å². The van der Waals surface area contributed by atoms with Crippen LogP contribution in [0.2, 0.25) is 0 Å². The van der Waals surface area contributed by atoms with Crippen molar-refractivity contribution in [2.75, 3.05) is 12.0 Å². The molecule has 0 aliphatic rings. The zero-order chi connectivity index (χ0) is 20.7. The zero-order valence-corrected chi connectivity index (χ0v) is 18.4. The number of benzene rings is 2. The molecule has 2 aromatic carbocycles. The number of aryl methyl sites for hydroxylation is 3. The van der Waals surface area contributed by atoms with Crippen molar-refractivity contribution in [1.82, 2.24) is 10.0 Å². The Labute approximate surface area is 172 Å². The molecule has 1 atom stereocenters. The van der Waals surface area contributed by atoms with Crippen molar-refractivity contribution in [2.45, 2.75) is 44.7 Å². The van der Waals surface area contributed by atoms with Gasteiger partial charge in [0.2, 0.25) is 15.9 Å². The first kappa shape index (κ1) is 22.5. The summed E-state index contributed by atoms with van der Waals surface area (Å²) in [6, 6.07) is 12.3. The fourth-order valence-corrected chi connectivity index (χ4v) is 4.78. The SMILES string of the molecule is CSCCC(NS(=O)(=O)c1cc(C)ccc1C)C(=O)NCc1ccc(C)cc1. The van der Waals surface area contributed by atoms with Gasteiger partial charge in [0, 0.05) is 6.54 Å². The molecule has 2 rings (SSSR count). The lowest BCUT2D eigenvalue weighted by atomic mass is 10.1. The largest absolute Gasteiger partial charge is 0.351 e. The fraction of sp³-hybridized carbons (Fsp3) is 0.381. The van der Waals surface area contributed by atoms with E-state index in [0.717, 1.165) is 16.7 Å². The summed E-state index contributed by atoms with van der Waals surface area (Å²) in [5.74, 6) is 0.362. The maximum absolute atomic E-state index is 12.9. The van der Waals surface area contributed by atoms with Crippen LogP contribution in [0.4, 0.5) is 0 Å². The highest BCUT2D eigenvalue weighted by Crippen LogP contribution is 2.18. The summed E-state index contributed by atoms with van der Waals surface area (Å²) >= 11 is 1.58. The first-order valence-electron chi connectivity index (χ1n) is 9.14. The molecule has 1 amide bonds. The summed E-state index contributed by atoms with van der Waals surface area (Å²) in [5.41, 5.74) is 3.63. The van der Waals surface area contributed by atoms with Crippen molar-refractivity contribution in [1.29, 1.82) is 0 Å². The van der Waals surface area contributed by atoms with Gasteiger partial charge in [0.05, 0.1) is 4.90 Å². The zero-order valence-electron chi connectivity index (χ0n) is 16.8. The molecular formula is C21H28N2O3S2. The average molecular weight is 421 g/mol. The summed E-state index contributed by atoms with van der Waals surface area (Å²) < 4.78 is 28.4. The monoisotopic (exact) mass is 420 g/mol. The quantitative estimate of drug-likeness (QED) is 0.652. The van der Waals surface area contributed by atoms with Gasteiger partial charge < -0.3 is 5.32 Å². The lowest BCUT2D eigenvalue weighted by molar-refractivity contribution is -0.122. The molecule has 152 valence electrons. The molecule has 0 aliphatic carbocycles. The predicted octanol–water partition coefficient (Wildman–Crippen LogP) is 3.33. The molecule has 0 radical (unpaired) electrons. The molecule has 5 nitrogen and oxygen atoms in total. The second-order valence-corrected chi connectivity index (χ2v) is 9.60. The van der Waals surface area contributed by atoms with Crippen molar-refractivity contribution < 1.29 is 13.2 Å². The highest BCUT2D eigenvalue weighted by Gasteiger charge is 2.26. The molecule has 0 fully saturated rings. The van der Waals surface area contributed by atoms with Gasteiger partial charge in [-0.25, -0.2) is 8.42 Å². The van der Waals surface area contributed by atoms with Gasteiger partial charge in [-0.15, -0.1) is 0 Å². The van der Waals surface area contributed by atoms with Gasteiger partial charge >= 0.3 is 0 Å². The van der Waals surface area contributed by atoms with E-state index in [1.54, 1.807) is 30.8 Å². The van der Waals surface area contributed by atoms with E-state index in [2.05, 4.69) is 10.0 Å². The van der Waals surface area contributed by atoms with Gasteiger partial charge in [-0.1, -0.05) is 42.0 Å². The maximum atomic E-state index is 12.9. The molecule has 1 unspecified atom stereocenters. The number of thioether (sulfide) groups is 1. The molecule has 0 aromatic heterocycles. The molecule has 0 spiro atoms. The number of carbonyl (C=O) groups excluding carboxylic acids is 1. The van der Waals surface area contributed by atoms with Crippen LogP contribution in [0.15, 0.2) is 47.4 Å². The van der Waals surface area contributed by atoms with E-state index in [1.807, 2.05) is 50.4 Å². The molecule has 0 saturated carbocycles. The van der Waals surface area contributed by atoms with E-state index in [0.29, 0.717) is 24.3 Å². The summed E-state index contributed by atoms with van der Waals surface area (Å²) in [6.45, 7) is 5.96. The Hall–Kier alpha value is -1.83. The minimum Gasteiger partial charge on any atom is -0.351 e. The first-order valence-corrected chi connectivity index (χ1v) is 12.0. The van der Waals surface area contributed by atoms with Crippen LogP contribution in [0.1, 0.15) is 28.7 Å². The topological polar surface area (TPSA) is 75.3 Å². The lowest BCUT2D eigenvalue weighted by Crippen LogP contribution is -2.46. The van der Waals surface area contributed by atoms with Crippen LogP contribution in [0, 0.1) is 20.8 Å². The second kappa shape index (κ2) is 10.1. The van der Waals surface area contributed by atoms with Crippen molar-refractivity contribution in [2.24, 2.45) is 0 Å². The molecular weight excluding hydrogens is 392 g/mol. The van der Waals surface area contributed by atoms with Gasteiger partial charge in [-0.2, -0.15) is 16.5 Å². The number of hydrogen-bond donors (Lipinski definition) is 2. The molecule has 0 saturated heterocycles. The Morgan fingerprint density at radius 1 is 1.04 bits per heavy atom. The molecule has 7 heteroatoms. The van der Waals surface area contributed by atoms with Crippen LogP contribution in [0.5, 0.6) is 0 Å². The number of sulfonamides is 1. The predicted molar refractivity (Wildman–Crippen MR) is 116 cm³/mol. The first-order chi connectivity index (χ1) is 13.2. The number of amides is 1.